The van der Waals surface area contributed by atoms with Crippen molar-refractivity contribution in [1.29, 1.82) is 0 Å². The molecule has 0 saturated carbocycles. The van der Waals surface area contributed by atoms with Crippen molar-refractivity contribution in [2.75, 3.05) is 5.32 Å². The van der Waals surface area contributed by atoms with Crippen LogP contribution in [0.15, 0.2) is 47.5 Å². The fourth-order valence-electron chi connectivity index (χ4n) is 2.19. The van der Waals surface area contributed by atoms with Crippen LogP contribution in [-0.4, -0.2) is 22.2 Å². The van der Waals surface area contributed by atoms with Gasteiger partial charge < -0.3 is 10.6 Å². The normalized spacial score (nSPS) is 18.0. The average Bonchev–Trinajstić information content (AvgIpc) is 2.91. The number of thioether (sulfide) groups is 1. The first-order chi connectivity index (χ1) is 12.4. The van der Waals surface area contributed by atoms with E-state index in [1.807, 2.05) is 0 Å². The summed E-state index contributed by atoms with van der Waals surface area (Å²) in [7, 11) is 0. The first-order valence-electron chi connectivity index (χ1n) is 7.47. The van der Waals surface area contributed by atoms with E-state index >= 15 is 0 Å². The van der Waals surface area contributed by atoms with E-state index in [2.05, 4.69) is 15.6 Å². The minimum Gasteiger partial charge on any atom is -0.324 e. The van der Waals surface area contributed by atoms with E-state index in [9.17, 15) is 18.4 Å². The minimum atomic E-state index is -0.883. The molecule has 134 valence electrons. The summed E-state index contributed by atoms with van der Waals surface area (Å²) in [6.45, 7) is 0. The molecule has 0 bridgehead atoms. The van der Waals surface area contributed by atoms with Gasteiger partial charge in [-0.1, -0.05) is 23.4 Å². The standard InChI is InChI=1S/C17H12ClF2N3O2S/c18-9-1-4-11(5-2-9)21-17-23-16(25)14(26-17)8-15(24)22-13-6-3-10(19)7-12(13)20/h1-7,14H,8H2,(H,22,24)(H,21,23,25). The van der Waals surface area contributed by atoms with Gasteiger partial charge in [0, 0.05) is 17.5 Å². The topological polar surface area (TPSA) is 70.6 Å². The molecule has 0 aliphatic carbocycles. The highest BCUT2D eigenvalue weighted by Crippen LogP contribution is 2.26. The highest BCUT2D eigenvalue weighted by Gasteiger charge is 2.32. The number of halogens is 3. The van der Waals surface area contributed by atoms with Crippen LogP contribution in [0.2, 0.25) is 5.02 Å². The summed E-state index contributed by atoms with van der Waals surface area (Å²) in [5.41, 5.74) is 0.463. The van der Waals surface area contributed by atoms with E-state index in [1.54, 1.807) is 24.3 Å². The molecule has 3 rings (SSSR count). The molecule has 1 saturated heterocycles. The summed E-state index contributed by atoms with van der Waals surface area (Å²) in [5.74, 6) is -2.55. The van der Waals surface area contributed by atoms with Crippen molar-refractivity contribution < 1.29 is 18.4 Å². The third-order valence-corrected chi connectivity index (χ3v) is 4.74. The molecule has 2 aromatic carbocycles. The Hall–Kier alpha value is -2.45. The monoisotopic (exact) mass is 395 g/mol. The Morgan fingerprint density at radius 3 is 2.65 bits per heavy atom. The number of amides is 2. The lowest BCUT2D eigenvalue weighted by atomic mass is 10.2. The summed E-state index contributed by atoms with van der Waals surface area (Å²) in [6.07, 6.45) is -0.174. The Labute approximate surface area is 156 Å². The van der Waals surface area contributed by atoms with Gasteiger partial charge in [0.15, 0.2) is 5.17 Å². The van der Waals surface area contributed by atoms with Crippen LogP contribution < -0.4 is 10.6 Å². The molecule has 2 amide bonds. The van der Waals surface area contributed by atoms with Crippen LogP contribution in [0.5, 0.6) is 0 Å². The maximum absolute atomic E-state index is 13.6. The fraction of sp³-hybridized carbons (Fsp3) is 0.118. The van der Waals surface area contributed by atoms with E-state index in [0.29, 0.717) is 21.9 Å². The third-order valence-electron chi connectivity index (χ3n) is 3.41. The van der Waals surface area contributed by atoms with Gasteiger partial charge in [-0.3, -0.25) is 9.59 Å². The molecule has 0 aromatic heterocycles. The molecular formula is C17H12ClF2N3O2S. The molecule has 1 fully saturated rings. The first-order valence-corrected chi connectivity index (χ1v) is 8.73. The zero-order chi connectivity index (χ0) is 18.7. The van der Waals surface area contributed by atoms with Gasteiger partial charge in [-0.15, -0.1) is 0 Å². The van der Waals surface area contributed by atoms with Gasteiger partial charge in [0.2, 0.25) is 11.8 Å². The van der Waals surface area contributed by atoms with Gasteiger partial charge in [0.1, 0.15) is 16.9 Å². The average molecular weight is 396 g/mol. The van der Waals surface area contributed by atoms with Crippen LogP contribution in [0.3, 0.4) is 0 Å². The molecule has 0 radical (unpaired) electrons. The summed E-state index contributed by atoms with van der Waals surface area (Å²) >= 11 is 6.91. The van der Waals surface area contributed by atoms with Crippen molar-refractivity contribution >= 4 is 51.7 Å². The molecule has 1 heterocycles. The van der Waals surface area contributed by atoms with Crippen LogP contribution in [0.1, 0.15) is 6.42 Å². The van der Waals surface area contributed by atoms with Crippen molar-refractivity contribution in [3.8, 4) is 0 Å². The van der Waals surface area contributed by atoms with Crippen LogP contribution in [0.25, 0.3) is 0 Å². The summed E-state index contributed by atoms with van der Waals surface area (Å²) in [6, 6.07) is 9.56. The summed E-state index contributed by atoms with van der Waals surface area (Å²) in [4.78, 5) is 28.3. The molecule has 2 N–H and O–H groups in total. The Balaban J connectivity index is 1.62. The molecule has 1 aliphatic heterocycles. The quantitative estimate of drug-likeness (QED) is 0.825. The van der Waals surface area contributed by atoms with E-state index < -0.39 is 22.8 Å². The number of amidine groups is 1. The Morgan fingerprint density at radius 2 is 1.96 bits per heavy atom. The predicted molar refractivity (Wildman–Crippen MR) is 97.7 cm³/mol. The van der Waals surface area contributed by atoms with Gasteiger partial charge in [-0.05, 0) is 36.4 Å². The number of carbonyl (C=O) groups excluding carboxylic acids is 2. The Kier molecular flexibility index (Phi) is 5.53. The molecule has 1 atom stereocenters. The van der Waals surface area contributed by atoms with E-state index in [4.69, 9.17) is 11.6 Å². The number of benzene rings is 2. The van der Waals surface area contributed by atoms with Crippen molar-refractivity contribution in [3.63, 3.8) is 0 Å². The highest BCUT2D eigenvalue weighted by molar-refractivity contribution is 8.15. The van der Waals surface area contributed by atoms with Crippen molar-refractivity contribution in [1.82, 2.24) is 5.32 Å². The van der Waals surface area contributed by atoms with Crippen molar-refractivity contribution in [2.45, 2.75) is 11.7 Å². The number of aliphatic imine (C=N–C) groups is 1. The van der Waals surface area contributed by atoms with E-state index in [1.165, 1.54) is 0 Å². The molecule has 1 aliphatic rings. The van der Waals surface area contributed by atoms with Gasteiger partial charge in [0.25, 0.3) is 0 Å². The van der Waals surface area contributed by atoms with E-state index in [-0.39, 0.29) is 18.0 Å². The van der Waals surface area contributed by atoms with E-state index in [0.717, 1.165) is 23.9 Å². The predicted octanol–water partition coefficient (Wildman–Crippen LogP) is 3.87. The molecule has 5 nitrogen and oxygen atoms in total. The Bertz CT molecular complexity index is 890. The summed E-state index contributed by atoms with van der Waals surface area (Å²) in [5, 5.41) is 5.16. The number of hydrogen-bond acceptors (Lipinski definition) is 4. The molecule has 2 aromatic rings. The number of nitrogens with one attached hydrogen (secondary N) is 2. The van der Waals surface area contributed by atoms with Gasteiger partial charge in [0.05, 0.1) is 11.4 Å². The third kappa shape index (κ3) is 4.59. The first kappa shape index (κ1) is 18.3. The lowest BCUT2D eigenvalue weighted by Gasteiger charge is -2.08. The van der Waals surface area contributed by atoms with Crippen LogP contribution in [-0.2, 0) is 9.59 Å². The largest absolute Gasteiger partial charge is 0.324 e. The fourth-order valence-corrected chi connectivity index (χ4v) is 3.30. The molecular weight excluding hydrogens is 384 g/mol. The second-order valence-corrected chi connectivity index (χ2v) is 6.99. The maximum atomic E-state index is 13.6. The smallest absolute Gasteiger partial charge is 0.240 e. The maximum Gasteiger partial charge on any atom is 0.240 e. The molecule has 1 unspecified atom stereocenters. The lowest BCUT2D eigenvalue weighted by Crippen LogP contribution is -2.28. The number of anilines is 1. The lowest BCUT2D eigenvalue weighted by molar-refractivity contribution is -0.122. The summed E-state index contributed by atoms with van der Waals surface area (Å²) < 4.78 is 26.4. The van der Waals surface area contributed by atoms with Gasteiger partial charge >= 0.3 is 0 Å². The number of nitrogens with zero attached hydrogens (tertiary/aromatic N) is 1. The zero-order valence-corrected chi connectivity index (χ0v) is 14.7. The Morgan fingerprint density at radius 1 is 1.23 bits per heavy atom. The van der Waals surface area contributed by atoms with Gasteiger partial charge in [-0.25, -0.2) is 13.8 Å². The SMILES string of the molecule is O=C(CC1SC(=Nc2ccc(Cl)cc2)NC1=O)Nc1ccc(F)cc1F. The van der Waals surface area contributed by atoms with Crippen molar-refractivity contribution in [3.05, 3.63) is 59.1 Å². The second-order valence-electron chi connectivity index (χ2n) is 5.37. The molecule has 26 heavy (non-hydrogen) atoms. The number of carbonyl (C=O) groups is 2. The van der Waals surface area contributed by atoms with Gasteiger partial charge in [-0.2, -0.15) is 0 Å². The highest BCUT2D eigenvalue weighted by atomic mass is 35.5. The second kappa shape index (κ2) is 7.84. The number of hydrogen-bond donors (Lipinski definition) is 2. The molecule has 0 spiro atoms. The minimum absolute atomic E-state index is 0.144. The molecule has 9 heteroatoms. The van der Waals surface area contributed by atoms with Crippen LogP contribution in [0.4, 0.5) is 20.2 Å². The number of rotatable bonds is 4. The van der Waals surface area contributed by atoms with Crippen LogP contribution >= 0.6 is 23.4 Å². The van der Waals surface area contributed by atoms with Crippen molar-refractivity contribution in [2.24, 2.45) is 4.99 Å². The zero-order valence-electron chi connectivity index (χ0n) is 13.1. The van der Waals surface area contributed by atoms with Crippen LogP contribution in [0, 0.1) is 11.6 Å².